The maximum absolute atomic E-state index is 11.1. The lowest BCUT2D eigenvalue weighted by atomic mass is 9.90. The van der Waals surface area contributed by atoms with Gasteiger partial charge >= 0.3 is 0 Å². The lowest BCUT2D eigenvalue weighted by Gasteiger charge is -2.15. The molecule has 1 unspecified atom stereocenters. The van der Waals surface area contributed by atoms with Gasteiger partial charge in [0.2, 0.25) is 5.91 Å². The number of amides is 1. The van der Waals surface area contributed by atoms with Crippen molar-refractivity contribution in [2.45, 2.75) is 38.5 Å². The number of rotatable bonds is 7. The highest BCUT2D eigenvalue weighted by Gasteiger charge is 2.10. The average Bonchev–Trinajstić information content (AvgIpc) is 2.54. The summed E-state index contributed by atoms with van der Waals surface area (Å²) < 4.78 is 0. The summed E-state index contributed by atoms with van der Waals surface area (Å²) in [5.74, 6) is 0.230. The molecule has 1 aromatic rings. The predicted octanol–water partition coefficient (Wildman–Crippen LogP) is 3.80. The zero-order valence-corrected chi connectivity index (χ0v) is 12.3. The van der Waals surface area contributed by atoms with E-state index in [4.69, 9.17) is 5.21 Å². The smallest absolute Gasteiger partial charge is 0.247 e. The molecule has 0 radical (unpaired) electrons. The molecule has 2 N–H and O–H groups in total. The predicted molar refractivity (Wildman–Crippen MR) is 83.9 cm³/mol. The first-order valence-corrected chi connectivity index (χ1v) is 7.62. The quantitative estimate of drug-likeness (QED) is 0.455. The van der Waals surface area contributed by atoms with Crippen LogP contribution in [0.4, 0.5) is 0 Å². The van der Waals surface area contributed by atoms with Crippen LogP contribution in [-0.2, 0) is 11.2 Å². The molecule has 0 aliphatic heterocycles. The molecule has 21 heavy (non-hydrogen) atoms. The van der Waals surface area contributed by atoms with Gasteiger partial charge in [-0.1, -0.05) is 55.0 Å². The Balaban J connectivity index is 1.63. The molecule has 1 aliphatic carbocycles. The molecule has 0 spiro atoms. The molecule has 3 nitrogen and oxygen atoms in total. The minimum Gasteiger partial charge on any atom is -0.289 e. The van der Waals surface area contributed by atoms with Crippen LogP contribution in [0.1, 0.15) is 37.7 Å². The summed E-state index contributed by atoms with van der Waals surface area (Å²) in [5, 5.41) is 8.50. The Labute approximate surface area is 126 Å². The van der Waals surface area contributed by atoms with Crippen molar-refractivity contribution in [2.24, 2.45) is 5.92 Å². The first-order chi connectivity index (χ1) is 10.3. The second-order valence-electron chi connectivity index (χ2n) is 5.58. The van der Waals surface area contributed by atoms with Crippen LogP contribution < -0.4 is 5.48 Å². The van der Waals surface area contributed by atoms with E-state index < -0.39 is 0 Å². The van der Waals surface area contributed by atoms with Crippen molar-refractivity contribution < 1.29 is 10.0 Å². The zero-order valence-electron chi connectivity index (χ0n) is 12.3. The summed E-state index contributed by atoms with van der Waals surface area (Å²) in [6, 6.07) is 10.6. The molecule has 3 heteroatoms. The molecular formula is C18H23NO2. The number of allylic oxidation sites excluding steroid dienone is 3. The lowest BCUT2D eigenvalue weighted by molar-refractivity contribution is -0.128. The molecular weight excluding hydrogens is 262 g/mol. The van der Waals surface area contributed by atoms with E-state index in [0.717, 1.165) is 18.4 Å². The average molecular weight is 285 g/mol. The highest BCUT2D eigenvalue weighted by molar-refractivity contribution is 5.78. The fraction of sp³-hybridized carbons (Fsp3) is 0.389. The maximum Gasteiger partial charge on any atom is 0.247 e. The van der Waals surface area contributed by atoms with Crippen LogP contribution in [0.2, 0.25) is 0 Å². The van der Waals surface area contributed by atoms with E-state index in [1.807, 2.05) is 6.08 Å². The molecule has 0 aromatic heterocycles. The highest BCUT2D eigenvalue weighted by atomic mass is 16.5. The van der Waals surface area contributed by atoms with E-state index in [0.29, 0.717) is 5.92 Å². The van der Waals surface area contributed by atoms with E-state index in [9.17, 15) is 4.79 Å². The van der Waals surface area contributed by atoms with E-state index in [1.54, 1.807) is 5.48 Å². The number of benzene rings is 1. The van der Waals surface area contributed by atoms with E-state index >= 15 is 0 Å². The standard InChI is InChI=1S/C18H23NO2/c20-18(19-21)14-17-12-10-16(11-13-17)9-5-4-8-15-6-2-1-3-7-15/h1-3,6-7,10,12-13,16,21H,4-5,8-9,11,14H2,(H,19,20). The normalized spacial score (nSPS) is 17.4. The topological polar surface area (TPSA) is 49.3 Å². The molecule has 0 bridgehead atoms. The van der Waals surface area contributed by atoms with Crippen LogP contribution in [0.3, 0.4) is 0 Å². The van der Waals surface area contributed by atoms with E-state index in [2.05, 4.69) is 42.5 Å². The Morgan fingerprint density at radius 2 is 2.05 bits per heavy atom. The van der Waals surface area contributed by atoms with Gasteiger partial charge in [0.05, 0.1) is 6.42 Å². The van der Waals surface area contributed by atoms with Crippen molar-refractivity contribution in [2.75, 3.05) is 0 Å². The molecule has 2 rings (SSSR count). The molecule has 0 fully saturated rings. The summed E-state index contributed by atoms with van der Waals surface area (Å²) in [6.45, 7) is 0. The minimum atomic E-state index is -0.354. The van der Waals surface area contributed by atoms with Crippen molar-refractivity contribution in [1.29, 1.82) is 0 Å². The summed E-state index contributed by atoms with van der Waals surface area (Å²) in [5.41, 5.74) is 4.07. The van der Waals surface area contributed by atoms with Crippen molar-refractivity contribution in [3.8, 4) is 0 Å². The molecule has 1 atom stereocenters. The molecule has 1 aliphatic rings. The molecule has 1 amide bonds. The number of nitrogens with one attached hydrogen (secondary N) is 1. The maximum atomic E-state index is 11.1. The minimum absolute atomic E-state index is 0.258. The number of hydrogen-bond acceptors (Lipinski definition) is 2. The van der Waals surface area contributed by atoms with Crippen LogP contribution >= 0.6 is 0 Å². The highest BCUT2D eigenvalue weighted by Crippen LogP contribution is 2.23. The fourth-order valence-corrected chi connectivity index (χ4v) is 2.66. The number of hydrogen-bond donors (Lipinski definition) is 2. The van der Waals surface area contributed by atoms with Gasteiger partial charge in [-0.15, -0.1) is 0 Å². The largest absolute Gasteiger partial charge is 0.289 e. The van der Waals surface area contributed by atoms with Crippen LogP contribution in [0.5, 0.6) is 0 Å². The van der Waals surface area contributed by atoms with Crippen molar-refractivity contribution >= 4 is 5.91 Å². The van der Waals surface area contributed by atoms with Gasteiger partial charge in [-0.05, 0) is 42.7 Å². The van der Waals surface area contributed by atoms with Crippen LogP contribution in [-0.4, -0.2) is 11.1 Å². The second-order valence-corrected chi connectivity index (χ2v) is 5.58. The molecule has 112 valence electrons. The van der Waals surface area contributed by atoms with Gasteiger partial charge < -0.3 is 0 Å². The molecule has 0 saturated heterocycles. The Morgan fingerprint density at radius 1 is 1.24 bits per heavy atom. The van der Waals surface area contributed by atoms with Crippen LogP contribution in [0.15, 0.2) is 54.1 Å². The van der Waals surface area contributed by atoms with Crippen molar-refractivity contribution in [1.82, 2.24) is 5.48 Å². The summed E-state index contributed by atoms with van der Waals surface area (Å²) in [4.78, 5) is 11.1. The van der Waals surface area contributed by atoms with Gasteiger partial charge in [-0.3, -0.25) is 10.0 Å². The Hall–Kier alpha value is -1.87. The molecule has 1 aromatic carbocycles. The monoisotopic (exact) mass is 285 g/mol. The number of aryl methyl sites for hydroxylation is 1. The van der Waals surface area contributed by atoms with E-state index in [1.165, 1.54) is 24.8 Å². The third kappa shape index (κ3) is 5.56. The second kappa shape index (κ2) is 8.42. The Morgan fingerprint density at radius 3 is 2.71 bits per heavy atom. The third-order valence-corrected chi connectivity index (χ3v) is 3.89. The van der Waals surface area contributed by atoms with Crippen LogP contribution in [0.25, 0.3) is 0 Å². The lowest BCUT2D eigenvalue weighted by Crippen LogP contribution is -2.18. The number of carbonyl (C=O) groups is 1. The van der Waals surface area contributed by atoms with Gasteiger partial charge in [0, 0.05) is 0 Å². The van der Waals surface area contributed by atoms with Gasteiger partial charge in [-0.2, -0.15) is 0 Å². The summed E-state index contributed by atoms with van der Waals surface area (Å²) >= 11 is 0. The van der Waals surface area contributed by atoms with Crippen LogP contribution in [0, 0.1) is 5.92 Å². The van der Waals surface area contributed by atoms with Crippen molar-refractivity contribution in [3.05, 3.63) is 59.7 Å². The Kier molecular flexibility index (Phi) is 6.22. The number of unbranched alkanes of at least 4 members (excludes halogenated alkanes) is 1. The Bertz CT molecular complexity index is 505. The number of hydroxylamine groups is 1. The fourth-order valence-electron chi connectivity index (χ4n) is 2.66. The molecule has 0 saturated carbocycles. The first kappa shape index (κ1) is 15.5. The number of carbonyl (C=O) groups excluding carboxylic acids is 1. The van der Waals surface area contributed by atoms with E-state index in [-0.39, 0.29) is 12.3 Å². The summed E-state index contributed by atoms with van der Waals surface area (Å²) in [7, 11) is 0. The SMILES string of the molecule is O=C(CC1=CCC(CCCCc2ccccc2)C=C1)NO. The first-order valence-electron chi connectivity index (χ1n) is 7.62. The van der Waals surface area contributed by atoms with Gasteiger partial charge in [0.25, 0.3) is 0 Å². The molecule has 0 heterocycles. The van der Waals surface area contributed by atoms with Gasteiger partial charge in [0.15, 0.2) is 0 Å². The summed E-state index contributed by atoms with van der Waals surface area (Å²) in [6.07, 6.45) is 12.4. The third-order valence-electron chi connectivity index (χ3n) is 3.89. The zero-order chi connectivity index (χ0) is 14.9. The van der Waals surface area contributed by atoms with Gasteiger partial charge in [0.1, 0.15) is 0 Å². The van der Waals surface area contributed by atoms with Crippen molar-refractivity contribution in [3.63, 3.8) is 0 Å². The van der Waals surface area contributed by atoms with Gasteiger partial charge in [-0.25, -0.2) is 5.48 Å².